The Bertz CT molecular complexity index is 499. The number of anilines is 1. The van der Waals surface area contributed by atoms with Crippen molar-refractivity contribution >= 4 is 15.7 Å². The van der Waals surface area contributed by atoms with E-state index in [1.807, 2.05) is 0 Å². The molecule has 4 nitrogen and oxygen atoms in total. The van der Waals surface area contributed by atoms with Crippen LogP contribution in [0, 0.1) is 5.92 Å². The summed E-state index contributed by atoms with van der Waals surface area (Å²) in [7, 11) is -3.45. The van der Waals surface area contributed by atoms with Crippen molar-refractivity contribution in [1.29, 1.82) is 0 Å². The molecule has 1 aliphatic carbocycles. The second-order valence-electron chi connectivity index (χ2n) is 4.55. The number of nitrogen functional groups attached to an aromatic ring is 1. The Morgan fingerprint density at radius 2 is 2.12 bits per heavy atom. The van der Waals surface area contributed by atoms with Gasteiger partial charge in [0.05, 0.1) is 5.69 Å². The molecule has 1 aromatic rings. The monoisotopic (exact) mass is 254 g/mol. The molecule has 17 heavy (non-hydrogen) atoms. The molecular weight excluding hydrogens is 236 g/mol. The van der Waals surface area contributed by atoms with Gasteiger partial charge in [-0.15, -0.1) is 0 Å². The zero-order chi connectivity index (χ0) is 12.5. The van der Waals surface area contributed by atoms with E-state index in [2.05, 4.69) is 11.6 Å². The van der Waals surface area contributed by atoms with Gasteiger partial charge in [-0.25, -0.2) is 13.1 Å². The standard InChI is InChI=1S/C12H18N2O2S/c1-2-5-9-8-11(9)14-17(15,16)12-7-4-3-6-10(12)13/h3-4,6-7,9,11,14H,2,5,8,13H2,1H3. The molecule has 0 aliphatic heterocycles. The molecule has 2 atom stereocenters. The second-order valence-corrected chi connectivity index (χ2v) is 6.23. The maximum absolute atomic E-state index is 12.1. The van der Waals surface area contributed by atoms with Crippen molar-refractivity contribution in [2.45, 2.75) is 37.1 Å². The van der Waals surface area contributed by atoms with E-state index in [1.54, 1.807) is 18.2 Å². The maximum atomic E-state index is 12.1. The van der Waals surface area contributed by atoms with Crippen LogP contribution in [0.1, 0.15) is 26.2 Å². The van der Waals surface area contributed by atoms with Crippen LogP contribution in [0.3, 0.4) is 0 Å². The first-order valence-corrected chi connectivity index (χ1v) is 7.39. The van der Waals surface area contributed by atoms with Gasteiger partial charge in [-0.1, -0.05) is 25.5 Å². The number of para-hydroxylation sites is 1. The molecule has 1 fully saturated rings. The third-order valence-corrected chi connectivity index (χ3v) is 4.66. The molecule has 5 heteroatoms. The first kappa shape index (κ1) is 12.4. The number of rotatable bonds is 5. The second kappa shape index (κ2) is 4.66. The summed E-state index contributed by atoms with van der Waals surface area (Å²) in [6.45, 7) is 2.11. The van der Waals surface area contributed by atoms with Crippen molar-refractivity contribution < 1.29 is 8.42 Å². The fourth-order valence-corrected chi connectivity index (χ4v) is 3.52. The fourth-order valence-electron chi connectivity index (χ4n) is 2.07. The Kier molecular flexibility index (Phi) is 3.40. The minimum atomic E-state index is -3.45. The molecule has 3 N–H and O–H groups in total. The van der Waals surface area contributed by atoms with E-state index < -0.39 is 10.0 Å². The Hall–Kier alpha value is -1.07. The van der Waals surface area contributed by atoms with Gasteiger partial charge in [-0.3, -0.25) is 0 Å². The lowest BCUT2D eigenvalue weighted by Gasteiger charge is -2.08. The van der Waals surface area contributed by atoms with E-state index in [4.69, 9.17) is 5.73 Å². The average Bonchev–Trinajstić information content (AvgIpc) is 2.96. The Balaban J connectivity index is 2.08. The first-order chi connectivity index (χ1) is 8.04. The zero-order valence-corrected chi connectivity index (χ0v) is 10.7. The highest BCUT2D eigenvalue weighted by molar-refractivity contribution is 7.89. The Labute approximate surface area is 102 Å². The number of hydrogen-bond donors (Lipinski definition) is 2. The first-order valence-electron chi connectivity index (χ1n) is 5.91. The molecule has 1 aromatic carbocycles. The van der Waals surface area contributed by atoms with Crippen LogP contribution in [0.5, 0.6) is 0 Å². The summed E-state index contributed by atoms with van der Waals surface area (Å²) >= 11 is 0. The van der Waals surface area contributed by atoms with Gasteiger partial charge in [0, 0.05) is 6.04 Å². The van der Waals surface area contributed by atoms with E-state index in [0.717, 1.165) is 19.3 Å². The lowest BCUT2D eigenvalue weighted by atomic mass is 10.2. The minimum Gasteiger partial charge on any atom is -0.398 e. The highest BCUT2D eigenvalue weighted by atomic mass is 32.2. The Morgan fingerprint density at radius 1 is 1.41 bits per heavy atom. The third kappa shape index (κ3) is 2.79. The van der Waals surface area contributed by atoms with E-state index in [0.29, 0.717) is 11.6 Å². The summed E-state index contributed by atoms with van der Waals surface area (Å²) in [5, 5.41) is 0. The quantitative estimate of drug-likeness (QED) is 0.786. The van der Waals surface area contributed by atoms with Crippen LogP contribution in [0.15, 0.2) is 29.2 Å². The highest BCUT2D eigenvalue weighted by Crippen LogP contribution is 2.36. The maximum Gasteiger partial charge on any atom is 0.242 e. The number of nitrogens with one attached hydrogen (secondary N) is 1. The molecule has 1 saturated carbocycles. The van der Waals surface area contributed by atoms with Crippen LogP contribution in [0.25, 0.3) is 0 Å². The SMILES string of the molecule is CCCC1CC1NS(=O)(=O)c1ccccc1N. The van der Waals surface area contributed by atoms with Gasteiger partial charge in [-0.2, -0.15) is 0 Å². The molecule has 2 rings (SSSR count). The van der Waals surface area contributed by atoms with Crippen molar-refractivity contribution in [1.82, 2.24) is 4.72 Å². The van der Waals surface area contributed by atoms with Crippen molar-refractivity contribution in [3.05, 3.63) is 24.3 Å². The van der Waals surface area contributed by atoms with Gasteiger partial charge in [0.15, 0.2) is 0 Å². The zero-order valence-electron chi connectivity index (χ0n) is 9.89. The van der Waals surface area contributed by atoms with Gasteiger partial charge in [0.1, 0.15) is 4.90 Å². The molecule has 0 amide bonds. The lowest BCUT2D eigenvalue weighted by Crippen LogP contribution is -2.27. The van der Waals surface area contributed by atoms with Gasteiger partial charge in [0.25, 0.3) is 0 Å². The molecule has 94 valence electrons. The smallest absolute Gasteiger partial charge is 0.242 e. The Morgan fingerprint density at radius 3 is 2.76 bits per heavy atom. The highest BCUT2D eigenvalue weighted by Gasteiger charge is 2.39. The fraction of sp³-hybridized carbons (Fsp3) is 0.500. The van der Waals surface area contributed by atoms with Gasteiger partial charge in [0.2, 0.25) is 10.0 Å². The molecule has 0 heterocycles. The summed E-state index contributed by atoms with van der Waals surface area (Å²) in [5.74, 6) is 0.500. The molecule has 0 spiro atoms. The van der Waals surface area contributed by atoms with Crippen molar-refractivity contribution in [2.24, 2.45) is 5.92 Å². The normalized spacial score (nSPS) is 23.6. The van der Waals surface area contributed by atoms with Crippen LogP contribution in [-0.4, -0.2) is 14.5 Å². The van der Waals surface area contributed by atoms with Gasteiger partial charge >= 0.3 is 0 Å². The van der Waals surface area contributed by atoms with Crippen LogP contribution >= 0.6 is 0 Å². The van der Waals surface area contributed by atoms with Crippen molar-refractivity contribution in [3.8, 4) is 0 Å². The van der Waals surface area contributed by atoms with Crippen LogP contribution in [0.2, 0.25) is 0 Å². The molecule has 2 unspecified atom stereocenters. The third-order valence-electron chi connectivity index (χ3n) is 3.10. The lowest BCUT2D eigenvalue weighted by molar-refractivity contribution is 0.573. The number of sulfonamides is 1. The van der Waals surface area contributed by atoms with E-state index in [1.165, 1.54) is 6.07 Å². The van der Waals surface area contributed by atoms with Gasteiger partial charge < -0.3 is 5.73 Å². The molecule has 0 saturated heterocycles. The largest absolute Gasteiger partial charge is 0.398 e. The summed E-state index contributed by atoms with van der Waals surface area (Å²) in [5.41, 5.74) is 5.98. The average molecular weight is 254 g/mol. The van der Waals surface area contributed by atoms with E-state index in [-0.39, 0.29) is 10.9 Å². The van der Waals surface area contributed by atoms with Crippen LogP contribution in [-0.2, 0) is 10.0 Å². The van der Waals surface area contributed by atoms with Gasteiger partial charge in [-0.05, 0) is 30.9 Å². The molecule has 0 aromatic heterocycles. The minimum absolute atomic E-state index is 0.0968. The molecule has 1 aliphatic rings. The molecule has 0 radical (unpaired) electrons. The van der Waals surface area contributed by atoms with E-state index in [9.17, 15) is 8.42 Å². The van der Waals surface area contributed by atoms with Crippen LogP contribution in [0.4, 0.5) is 5.69 Å². The topological polar surface area (TPSA) is 72.2 Å². The molecule has 0 bridgehead atoms. The molecular formula is C12H18N2O2S. The number of benzene rings is 1. The number of hydrogen-bond acceptors (Lipinski definition) is 3. The summed E-state index contributed by atoms with van der Waals surface area (Å²) in [6.07, 6.45) is 3.12. The number of nitrogens with two attached hydrogens (primary N) is 1. The van der Waals surface area contributed by atoms with Crippen molar-refractivity contribution in [2.75, 3.05) is 5.73 Å². The van der Waals surface area contributed by atoms with E-state index >= 15 is 0 Å². The van der Waals surface area contributed by atoms with Crippen molar-refractivity contribution in [3.63, 3.8) is 0 Å². The summed E-state index contributed by atoms with van der Waals surface area (Å²) < 4.78 is 26.8. The summed E-state index contributed by atoms with van der Waals surface area (Å²) in [6, 6.07) is 6.64. The summed E-state index contributed by atoms with van der Waals surface area (Å²) in [4.78, 5) is 0.183. The predicted molar refractivity (Wildman–Crippen MR) is 68.0 cm³/mol. The van der Waals surface area contributed by atoms with Crippen LogP contribution < -0.4 is 10.5 Å². The predicted octanol–water partition coefficient (Wildman–Crippen LogP) is 1.74.